The molecule has 0 aliphatic carbocycles. The number of rotatable bonds is 4. The van der Waals surface area contributed by atoms with E-state index < -0.39 is 11.7 Å². The Labute approximate surface area is 136 Å². The van der Waals surface area contributed by atoms with E-state index in [0.717, 1.165) is 11.6 Å². The van der Waals surface area contributed by atoms with E-state index in [1.165, 1.54) is 18.2 Å². The summed E-state index contributed by atoms with van der Waals surface area (Å²) in [4.78, 5) is 11.9. The second-order valence-electron chi connectivity index (χ2n) is 4.70. The minimum Gasteiger partial charge on any atom is -0.419 e. The molecule has 0 radical (unpaired) electrons. The Balaban J connectivity index is 1.65. The Morgan fingerprint density at radius 2 is 1.96 bits per heavy atom. The summed E-state index contributed by atoms with van der Waals surface area (Å²) in [6.07, 6.45) is 0. The number of nitrogens with zero attached hydrogens (tertiary/aromatic N) is 2. The molecule has 0 atom stereocenters. The normalized spacial score (nSPS) is 10.5. The summed E-state index contributed by atoms with van der Waals surface area (Å²) >= 11 is 5.82. The minimum atomic E-state index is -0.472. The minimum absolute atomic E-state index is 0.0515. The van der Waals surface area contributed by atoms with Crippen molar-refractivity contribution < 1.29 is 13.6 Å². The van der Waals surface area contributed by atoms with E-state index in [1.807, 2.05) is 0 Å². The van der Waals surface area contributed by atoms with Crippen molar-refractivity contribution in [2.45, 2.75) is 6.54 Å². The van der Waals surface area contributed by atoms with E-state index >= 15 is 0 Å². The van der Waals surface area contributed by atoms with Crippen LogP contribution in [0.3, 0.4) is 0 Å². The monoisotopic (exact) mass is 331 g/mol. The van der Waals surface area contributed by atoms with Gasteiger partial charge >= 0.3 is 0 Å². The topological polar surface area (TPSA) is 68.0 Å². The maximum absolute atomic E-state index is 13.1. The number of hydrogen-bond donors (Lipinski definition) is 1. The zero-order valence-electron chi connectivity index (χ0n) is 11.8. The Kier molecular flexibility index (Phi) is 4.34. The molecular weight excluding hydrogens is 321 g/mol. The van der Waals surface area contributed by atoms with E-state index in [0.29, 0.717) is 10.9 Å². The lowest BCUT2D eigenvalue weighted by Gasteiger charge is -2.02. The van der Waals surface area contributed by atoms with E-state index in [1.54, 1.807) is 24.3 Å². The molecule has 116 valence electrons. The van der Waals surface area contributed by atoms with Crippen molar-refractivity contribution in [2.75, 3.05) is 0 Å². The van der Waals surface area contributed by atoms with Crippen LogP contribution in [0, 0.1) is 5.82 Å². The number of nitrogens with one attached hydrogen (secondary N) is 1. The molecule has 0 aliphatic heterocycles. The van der Waals surface area contributed by atoms with E-state index in [4.69, 9.17) is 16.0 Å². The molecule has 2 aromatic carbocycles. The Morgan fingerprint density at radius 3 is 2.70 bits per heavy atom. The summed E-state index contributed by atoms with van der Waals surface area (Å²) in [6.45, 7) is 0.0515. The van der Waals surface area contributed by atoms with Gasteiger partial charge in [-0.1, -0.05) is 17.7 Å². The summed E-state index contributed by atoms with van der Waals surface area (Å²) in [5.41, 5.74) is 0.951. The average Bonchev–Trinajstić information content (AvgIpc) is 3.02. The first-order chi connectivity index (χ1) is 11.1. The van der Waals surface area contributed by atoms with Gasteiger partial charge < -0.3 is 9.73 Å². The molecule has 0 fully saturated rings. The Hall–Kier alpha value is -2.73. The van der Waals surface area contributed by atoms with Gasteiger partial charge in [-0.2, -0.15) is 0 Å². The van der Waals surface area contributed by atoms with Crippen molar-refractivity contribution >= 4 is 17.5 Å². The van der Waals surface area contributed by atoms with Crippen LogP contribution in [0.4, 0.5) is 4.39 Å². The Bertz CT molecular complexity index is 833. The lowest BCUT2D eigenvalue weighted by atomic mass is 10.2. The molecule has 0 saturated heterocycles. The molecule has 1 N–H and O–H groups in total. The van der Waals surface area contributed by atoms with Crippen molar-refractivity contribution in [1.29, 1.82) is 0 Å². The number of hydrogen-bond acceptors (Lipinski definition) is 4. The van der Waals surface area contributed by atoms with Crippen LogP contribution in [0.2, 0.25) is 5.02 Å². The van der Waals surface area contributed by atoms with Crippen LogP contribution in [0.1, 0.15) is 16.2 Å². The molecule has 3 aromatic rings. The van der Waals surface area contributed by atoms with Gasteiger partial charge in [-0.05, 0) is 42.5 Å². The number of aromatic nitrogens is 2. The molecule has 0 unspecified atom stereocenters. The molecule has 0 spiro atoms. The highest BCUT2D eigenvalue weighted by Gasteiger charge is 2.11. The molecule has 5 nitrogen and oxygen atoms in total. The molecular formula is C16H11ClFN3O2. The lowest BCUT2D eigenvalue weighted by Crippen LogP contribution is -2.23. The molecule has 1 heterocycles. The van der Waals surface area contributed by atoms with Gasteiger partial charge in [-0.3, -0.25) is 4.79 Å². The number of benzene rings is 2. The van der Waals surface area contributed by atoms with Crippen molar-refractivity contribution in [2.24, 2.45) is 0 Å². The van der Waals surface area contributed by atoms with Gasteiger partial charge in [0.2, 0.25) is 11.8 Å². The second-order valence-corrected chi connectivity index (χ2v) is 5.14. The Morgan fingerprint density at radius 1 is 1.17 bits per heavy atom. The summed E-state index contributed by atoms with van der Waals surface area (Å²) in [5, 5.41) is 11.0. The maximum atomic E-state index is 13.1. The third kappa shape index (κ3) is 3.73. The van der Waals surface area contributed by atoms with Gasteiger partial charge in [0, 0.05) is 16.1 Å². The quantitative estimate of drug-likeness (QED) is 0.795. The molecule has 7 heteroatoms. The molecule has 0 aliphatic rings. The molecule has 23 heavy (non-hydrogen) atoms. The summed E-state index contributed by atoms with van der Waals surface area (Å²) in [7, 11) is 0. The molecule has 1 amide bonds. The van der Waals surface area contributed by atoms with Crippen LogP contribution in [-0.2, 0) is 6.54 Å². The largest absolute Gasteiger partial charge is 0.419 e. The summed E-state index contributed by atoms with van der Waals surface area (Å²) in [6, 6.07) is 12.4. The van der Waals surface area contributed by atoms with Gasteiger partial charge in [0.1, 0.15) is 5.82 Å². The predicted octanol–water partition coefficient (Wildman–Crippen LogP) is 3.46. The number of carbonyl (C=O) groups excluding carboxylic acids is 1. The third-order valence-corrected chi connectivity index (χ3v) is 3.30. The van der Waals surface area contributed by atoms with Gasteiger partial charge in [0.15, 0.2) is 0 Å². The fourth-order valence-corrected chi connectivity index (χ4v) is 2.05. The van der Waals surface area contributed by atoms with Crippen molar-refractivity contribution in [3.8, 4) is 11.5 Å². The summed E-state index contributed by atoms with van der Waals surface area (Å²) < 4.78 is 18.5. The van der Waals surface area contributed by atoms with Crippen molar-refractivity contribution in [1.82, 2.24) is 15.5 Å². The van der Waals surface area contributed by atoms with Crippen LogP contribution in [0.15, 0.2) is 52.9 Å². The highest BCUT2D eigenvalue weighted by atomic mass is 35.5. The fraction of sp³-hybridized carbons (Fsp3) is 0.0625. The van der Waals surface area contributed by atoms with Gasteiger partial charge in [0.05, 0.1) is 6.54 Å². The zero-order valence-corrected chi connectivity index (χ0v) is 12.5. The smallest absolute Gasteiger partial charge is 0.251 e. The second kappa shape index (κ2) is 6.58. The summed E-state index contributed by atoms with van der Waals surface area (Å²) in [5.74, 6) is -0.312. The first-order valence-electron chi connectivity index (χ1n) is 6.74. The van der Waals surface area contributed by atoms with E-state index in [2.05, 4.69) is 15.5 Å². The van der Waals surface area contributed by atoms with E-state index in [9.17, 15) is 9.18 Å². The molecule has 0 bridgehead atoms. The first kappa shape index (κ1) is 15.2. The molecule has 0 saturated carbocycles. The third-order valence-electron chi connectivity index (χ3n) is 3.04. The van der Waals surface area contributed by atoms with E-state index in [-0.39, 0.29) is 18.0 Å². The van der Waals surface area contributed by atoms with Gasteiger partial charge in [-0.15, -0.1) is 10.2 Å². The highest BCUT2D eigenvalue weighted by molar-refractivity contribution is 6.30. The standard InChI is InChI=1S/C16H11ClFN3O2/c17-12-6-4-10(5-7-12)16-21-20-14(23-16)9-19-15(22)11-2-1-3-13(18)8-11/h1-8H,9H2,(H,19,22). The lowest BCUT2D eigenvalue weighted by molar-refractivity contribution is 0.0947. The van der Waals surface area contributed by atoms with Crippen molar-refractivity contribution in [3.63, 3.8) is 0 Å². The van der Waals surface area contributed by atoms with Crippen LogP contribution >= 0.6 is 11.6 Å². The number of carbonyl (C=O) groups is 1. The maximum Gasteiger partial charge on any atom is 0.251 e. The SMILES string of the molecule is O=C(NCc1nnc(-c2ccc(Cl)cc2)o1)c1cccc(F)c1. The zero-order chi connectivity index (χ0) is 16.2. The fourth-order valence-electron chi connectivity index (χ4n) is 1.92. The van der Waals surface area contributed by atoms with Gasteiger partial charge in [-0.25, -0.2) is 4.39 Å². The van der Waals surface area contributed by atoms with Gasteiger partial charge in [0.25, 0.3) is 5.91 Å². The van der Waals surface area contributed by atoms with Crippen LogP contribution in [0.25, 0.3) is 11.5 Å². The first-order valence-corrected chi connectivity index (χ1v) is 7.12. The number of halogens is 2. The number of amides is 1. The average molecular weight is 332 g/mol. The van der Waals surface area contributed by atoms with Crippen LogP contribution in [0.5, 0.6) is 0 Å². The molecule has 1 aromatic heterocycles. The highest BCUT2D eigenvalue weighted by Crippen LogP contribution is 2.20. The van der Waals surface area contributed by atoms with Crippen LogP contribution in [-0.4, -0.2) is 16.1 Å². The van der Waals surface area contributed by atoms with Crippen LogP contribution < -0.4 is 5.32 Å². The van der Waals surface area contributed by atoms with Crippen molar-refractivity contribution in [3.05, 3.63) is 70.8 Å². The molecule has 3 rings (SSSR count). The predicted molar refractivity (Wildman–Crippen MR) is 82.3 cm³/mol.